The third-order valence-corrected chi connectivity index (χ3v) is 3.14. The third-order valence-electron chi connectivity index (χ3n) is 3.14. The topological polar surface area (TPSA) is 68.2 Å². The summed E-state index contributed by atoms with van der Waals surface area (Å²) in [6, 6.07) is 2.24. The first-order valence-electron chi connectivity index (χ1n) is 6.27. The van der Waals surface area contributed by atoms with E-state index in [1.165, 1.54) is 0 Å². The number of nitrogens with one attached hydrogen (secondary N) is 1. The molecule has 3 N–H and O–H groups in total. The number of nitrogens with zero attached hydrogens (tertiary/aromatic N) is 3. The van der Waals surface area contributed by atoms with Gasteiger partial charge in [0.2, 0.25) is 0 Å². The van der Waals surface area contributed by atoms with Crippen molar-refractivity contribution in [3.63, 3.8) is 0 Å². The van der Waals surface area contributed by atoms with E-state index >= 15 is 0 Å². The number of fused-ring (bicyclic) bond motifs is 1. The van der Waals surface area contributed by atoms with Gasteiger partial charge in [-0.15, -0.1) is 0 Å². The molecule has 2 aromatic rings. The summed E-state index contributed by atoms with van der Waals surface area (Å²) >= 11 is 0. The van der Waals surface area contributed by atoms with E-state index in [1.54, 1.807) is 12.4 Å². The Morgan fingerprint density at radius 1 is 1.39 bits per heavy atom. The van der Waals surface area contributed by atoms with Crippen LogP contribution in [0.2, 0.25) is 0 Å². The fourth-order valence-electron chi connectivity index (χ4n) is 2.02. The van der Waals surface area contributed by atoms with Crippen LogP contribution in [0.25, 0.3) is 5.52 Å². The van der Waals surface area contributed by atoms with E-state index in [0.717, 1.165) is 17.8 Å². The Balaban J connectivity index is 2.28. The second-order valence-corrected chi connectivity index (χ2v) is 5.58. The van der Waals surface area contributed by atoms with E-state index in [0.29, 0.717) is 6.54 Å². The zero-order valence-electron chi connectivity index (χ0n) is 11.2. The summed E-state index contributed by atoms with van der Waals surface area (Å²) < 4.78 is 1.82. The summed E-state index contributed by atoms with van der Waals surface area (Å²) in [5, 5.41) is 7.70. The standard InChI is InChI=1S/C13H21N5/c1-13(2,3)11(4-6-14)17-12-10-5-7-16-18(10)9-8-15-12/h5,7-9,11H,4,6,14H2,1-3H3,(H,15,17). The lowest BCUT2D eigenvalue weighted by Gasteiger charge is -2.31. The van der Waals surface area contributed by atoms with Crippen molar-refractivity contribution < 1.29 is 0 Å². The van der Waals surface area contributed by atoms with E-state index in [2.05, 4.69) is 36.2 Å². The number of hydrogen-bond acceptors (Lipinski definition) is 4. The molecule has 0 aliphatic heterocycles. The minimum absolute atomic E-state index is 0.133. The lowest BCUT2D eigenvalue weighted by Crippen LogP contribution is -2.36. The van der Waals surface area contributed by atoms with E-state index in [-0.39, 0.29) is 11.5 Å². The van der Waals surface area contributed by atoms with Gasteiger partial charge < -0.3 is 11.1 Å². The van der Waals surface area contributed by atoms with Gasteiger partial charge in [0.1, 0.15) is 5.52 Å². The molecule has 0 saturated carbocycles. The smallest absolute Gasteiger partial charge is 0.152 e. The van der Waals surface area contributed by atoms with Gasteiger partial charge in [-0.25, -0.2) is 9.50 Å². The van der Waals surface area contributed by atoms with Crippen molar-refractivity contribution in [3.05, 3.63) is 24.7 Å². The number of anilines is 1. The van der Waals surface area contributed by atoms with Gasteiger partial charge >= 0.3 is 0 Å². The van der Waals surface area contributed by atoms with Gasteiger partial charge in [0, 0.05) is 18.4 Å². The number of rotatable bonds is 4. The van der Waals surface area contributed by atoms with Crippen molar-refractivity contribution in [2.45, 2.75) is 33.2 Å². The van der Waals surface area contributed by atoms with Crippen molar-refractivity contribution >= 4 is 11.3 Å². The molecular formula is C13H21N5. The van der Waals surface area contributed by atoms with Crippen LogP contribution >= 0.6 is 0 Å². The van der Waals surface area contributed by atoms with Crippen LogP contribution in [0.15, 0.2) is 24.7 Å². The highest BCUT2D eigenvalue weighted by Gasteiger charge is 2.24. The van der Waals surface area contributed by atoms with Crippen molar-refractivity contribution in [1.82, 2.24) is 14.6 Å². The molecule has 0 aromatic carbocycles. The molecule has 2 rings (SSSR count). The Morgan fingerprint density at radius 2 is 2.17 bits per heavy atom. The molecule has 0 fully saturated rings. The Hall–Kier alpha value is -1.62. The summed E-state index contributed by atoms with van der Waals surface area (Å²) in [5.74, 6) is 0.864. The molecule has 0 aliphatic rings. The second kappa shape index (κ2) is 4.94. The lowest BCUT2D eigenvalue weighted by molar-refractivity contribution is 0.328. The molecule has 5 nitrogen and oxygen atoms in total. The summed E-state index contributed by atoms with van der Waals surface area (Å²) in [7, 11) is 0. The normalized spacial score (nSPS) is 13.8. The first-order valence-corrected chi connectivity index (χ1v) is 6.27. The first kappa shape index (κ1) is 12.8. The molecule has 0 bridgehead atoms. The van der Waals surface area contributed by atoms with E-state index in [9.17, 15) is 0 Å². The van der Waals surface area contributed by atoms with Crippen LogP contribution in [-0.4, -0.2) is 27.2 Å². The molecule has 5 heteroatoms. The number of nitrogens with two attached hydrogens (primary N) is 1. The molecule has 98 valence electrons. The zero-order chi connectivity index (χ0) is 13.2. The maximum absolute atomic E-state index is 5.69. The minimum atomic E-state index is 0.133. The second-order valence-electron chi connectivity index (χ2n) is 5.58. The summed E-state index contributed by atoms with van der Waals surface area (Å²) in [6.45, 7) is 7.28. The van der Waals surface area contributed by atoms with Gasteiger partial charge in [-0.3, -0.25) is 0 Å². The lowest BCUT2D eigenvalue weighted by atomic mass is 9.85. The van der Waals surface area contributed by atoms with Gasteiger partial charge in [-0.05, 0) is 24.4 Å². The first-order chi connectivity index (χ1) is 8.52. The molecule has 0 amide bonds. The maximum atomic E-state index is 5.69. The van der Waals surface area contributed by atoms with Crippen LogP contribution in [0.1, 0.15) is 27.2 Å². The maximum Gasteiger partial charge on any atom is 0.152 e. The molecule has 1 unspecified atom stereocenters. The molecule has 18 heavy (non-hydrogen) atoms. The largest absolute Gasteiger partial charge is 0.365 e. The SMILES string of the molecule is CC(C)(C)C(CCN)Nc1nccn2nccc12. The Labute approximate surface area is 107 Å². The fraction of sp³-hybridized carbons (Fsp3) is 0.538. The van der Waals surface area contributed by atoms with Gasteiger partial charge in [-0.2, -0.15) is 5.10 Å². The average molecular weight is 247 g/mol. The molecule has 0 aliphatic carbocycles. The van der Waals surface area contributed by atoms with Crippen LogP contribution < -0.4 is 11.1 Å². The number of aromatic nitrogens is 3. The van der Waals surface area contributed by atoms with Gasteiger partial charge in [-0.1, -0.05) is 20.8 Å². The van der Waals surface area contributed by atoms with E-state index in [4.69, 9.17) is 5.73 Å². The molecule has 2 aromatic heterocycles. The highest BCUT2D eigenvalue weighted by Crippen LogP contribution is 2.26. The van der Waals surface area contributed by atoms with Crippen LogP contribution in [0.3, 0.4) is 0 Å². The Kier molecular flexibility index (Phi) is 3.52. The average Bonchev–Trinajstić information content (AvgIpc) is 2.76. The summed E-state index contributed by atoms with van der Waals surface area (Å²) in [5.41, 5.74) is 6.82. The zero-order valence-corrected chi connectivity index (χ0v) is 11.2. The monoisotopic (exact) mass is 247 g/mol. The molecule has 0 spiro atoms. The predicted octanol–water partition coefficient (Wildman–Crippen LogP) is 1.90. The van der Waals surface area contributed by atoms with Crippen molar-refractivity contribution in [2.24, 2.45) is 11.1 Å². The Bertz CT molecular complexity index is 511. The van der Waals surface area contributed by atoms with E-state index in [1.807, 2.05) is 16.8 Å². The predicted molar refractivity (Wildman–Crippen MR) is 73.5 cm³/mol. The fourth-order valence-corrected chi connectivity index (χ4v) is 2.02. The van der Waals surface area contributed by atoms with E-state index < -0.39 is 0 Å². The third kappa shape index (κ3) is 2.61. The highest BCUT2D eigenvalue weighted by atomic mass is 15.2. The van der Waals surface area contributed by atoms with Crippen LogP contribution in [0.4, 0.5) is 5.82 Å². The van der Waals surface area contributed by atoms with Gasteiger partial charge in [0.15, 0.2) is 5.82 Å². The van der Waals surface area contributed by atoms with Crippen molar-refractivity contribution in [2.75, 3.05) is 11.9 Å². The quantitative estimate of drug-likeness (QED) is 0.866. The molecule has 0 radical (unpaired) electrons. The van der Waals surface area contributed by atoms with Crippen LogP contribution in [0, 0.1) is 5.41 Å². The molecule has 2 heterocycles. The van der Waals surface area contributed by atoms with Gasteiger partial charge in [0.05, 0.1) is 6.20 Å². The number of hydrogen-bond donors (Lipinski definition) is 2. The van der Waals surface area contributed by atoms with Crippen LogP contribution in [0.5, 0.6) is 0 Å². The molecule has 1 atom stereocenters. The Morgan fingerprint density at radius 3 is 2.83 bits per heavy atom. The summed E-state index contributed by atoms with van der Waals surface area (Å²) in [4.78, 5) is 4.40. The van der Waals surface area contributed by atoms with Crippen molar-refractivity contribution in [1.29, 1.82) is 0 Å². The molecule has 0 saturated heterocycles. The van der Waals surface area contributed by atoms with Crippen molar-refractivity contribution in [3.8, 4) is 0 Å². The molecular weight excluding hydrogens is 226 g/mol. The summed E-state index contributed by atoms with van der Waals surface area (Å²) in [6.07, 6.45) is 6.29. The van der Waals surface area contributed by atoms with Crippen LogP contribution in [-0.2, 0) is 0 Å². The highest BCUT2D eigenvalue weighted by molar-refractivity contribution is 5.67. The minimum Gasteiger partial charge on any atom is -0.365 e. The van der Waals surface area contributed by atoms with Gasteiger partial charge in [0.25, 0.3) is 0 Å².